The Morgan fingerprint density at radius 2 is 1.95 bits per heavy atom. The molecular weight excluding hydrogens is 242 g/mol. The average Bonchev–Trinajstić information content (AvgIpc) is 2.34. The smallest absolute Gasteiger partial charge is 0.338 e. The Hall–Kier alpha value is -2.10. The fourth-order valence-electron chi connectivity index (χ4n) is 2.14. The first-order valence-corrected chi connectivity index (χ1v) is 6.29. The molecule has 1 N–H and O–H groups in total. The zero-order valence-corrected chi connectivity index (χ0v) is 11.3. The molecule has 0 aliphatic rings. The zero-order valence-electron chi connectivity index (χ0n) is 11.3. The van der Waals surface area contributed by atoms with Gasteiger partial charge < -0.3 is 9.73 Å². The second kappa shape index (κ2) is 5.26. The van der Waals surface area contributed by atoms with Gasteiger partial charge in [-0.15, -0.1) is 0 Å². The van der Waals surface area contributed by atoms with Crippen molar-refractivity contribution < 1.29 is 9.21 Å². The highest BCUT2D eigenvalue weighted by atomic mass is 16.4. The van der Waals surface area contributed by atoms with Crippen LogP contribution in [0.25, 0.3) is 11.0 Å². The van der Waals surface area contributed by atoms with Gasteiger partial charge in [0.25, 0.3) is 0 Å². The van der Waals surface area contributed by atoms with Crippen LogP contribution in [0.1, 0.15) is 20.8 Å². The lowest BCUT2D eigenvalue weighted by atomic mass is 10.00. The molecule has 0 aliphatic carbocycles. The molecule has 1 heterocycles. The average molecular weight is 259 g/mol. The number of ketones is 1. The second-order valence-corrected chi connectivity index (χ2v) is 4.95. The van der Waals surface area contributed by atoms with Crippen LogP contribution in [0.5, 0.6) is 0 Å². The van der Waals surface area contributed by atoms with Crippen LogP contribution in [0.4, 0.5) is 5.69 Å². The molecule has 2 rings (SSSR count). The summed E-state index contributed by atoms with van der Waals surface area (Å²) in [7, 11) is 0. The molecule has 19 heavy (non-hydrogen) atoms. The standard InChI is InChI=1S/C15H17NO3/c1-9(2)15(10(3)17)16-12-8-14(18)19-13-7-5-4-6-11(12)13/h4-9,15-16H,1-3H3. The predicted molar refractivity (Wildman–Crippen MR) is 75.4 cm³/mol. The van der Waals surface area contributed by atoms with Crippen molar-refractivity contribution in [1.82, 2.24) is 0 Å². The van der Waals surface area contributed by atoms with Gasteiger partial charge in [0.15, 0.2) is 5.78 Å². The van der Waals surface area contributed by atoms with Crippen LogP contribution in [-0.4, -0.2) is 11.8 Å². The number of fused-ring (bicyclic) bond motifs is 1. The van der Waals surface area contributed by atoms with Crippen LogP contribution in [0.3, 0.4) is 0 Å². The fourth-order valence-corrected chi connectivity index (χ4v) is 2.14. The maximum absolute atomic E-state index is 11.6. The van der Waals surface area contributed by atoms with Crippen LogP contribution in [0.15, 0.2) is 39.5 Å². The molecule has 2 aromatic rings. The van der Waals surface area contributed by atoms with Crippen LogP contribution in [-0.2, 0) is 4.79 Å². The third-order valence-electron chi connectivity index (χ3n) is 3.07. The highest BCUT2D eigenvalue weighted by Crippen LogP contribution is 2.23. The quantitative estimate of drug-likeness (QED) is 0.858. The molecule has 4 heteroatoms. The summed E-state index contributed by atoms with van der Waals surface area (Å²) in [6.07, 6.45) is 0. The van der Waals surface area contributed by atoms with E-state index in [1.807, 2.05) is 26.0 Å². The molecule has 1 aromatic carbocycles. The van der Waals surface area contributed by atoms with Gasteiger partial charge in [-0.1, -0.05) is 26.0 Å². The summed E-state index contributed by atoms with van der Waals surface area (Å²) < 4.78 is 5.12. The van der Waals surface area contributed by atoms with E-state index in [1.165, 1.54) is 6.07 Å². The van der Waals surface area contributed by atoms with Crippen molar-refractivity contribution in [3.05, 3.63) is 40.8 Å². The molecule has 1 aromatic heterocycles. The Balaban J connectivity index is 2.50. The topological polar surface area (TPSA) is 59.3 Å². The van der Waals surface area contributed by atoms with E-state index in [1.54, 1.807) is 19.1 Å². The molecule has 0 fully saturated rings. The molecule has 0 aliphatic heterocycles. The minimum absolute atomic E-state index is 0.0484. The normalized spacial score (nSPS) is 12.6. The van der Waals surface area contributed by atoms with E-state index in [4.69, 9.17) is 4.42 Å². The van der Waals surface area contributed by atoms with Gasteiger partial charge in [0.05, 0.1) is 11.7 Å². The van der Waals surface area contributed by atoms with Crippen molar-refractivity contribution in [2.75, 3.05) is 5.32 Å². The van der Waals surface area contributed by atoms with Crippen LogP contribution in [0, 0.1) is 5.92 Å². The molecule has 0 radical (unpaired) electrons. The van der Waals surface area contributed by atoms with Crippen molar-refractivity contribution in [3.8, 4) is 0 Å². The Labute approximate surface area is 111 Å². The van der Waals surface area contributed by atoms with E-state index < -0.39 is 5.63 Å². The first-order chi connectivity index (χ1) is 8.99. The molecule has 0 saturated heterocycles. The Kier molecular flexibility index (Phi) is 3.69. The Morgan fingerprint density at radius 3 is 2.58 bits per heavy atom. The fraction of sp³-hybridized carbons (Fsp3) is 0.333. The largest absolute Gasteiger partial charge is 0.423 e. The predicted octanol–water partition coefficient (Wildman–Crippen LogP) is 2.82. The van der Waals surface area contributed by atoms with Crippen molar-refractivity contribution in [2.24, 2.45) is 5.92 Å². The summed E-state index contributed by atoms with van der Waals surface area (Å²) in [6, 6.07) is 8.34. The number of hydrogen-bond acceptors (Lipinski definition) is 4. The lowest BCUT2D eigenvalue weighted by molar-refractivity contribution is -0.118. The zero-order chi connectivity index (χ0) is 14.0. The van der Waals surface area contributed by atoms with Crippen LogP contribution < -0.4 is 10.9 Å². The van der Waals surface area contributed by atoms with Gasteiger partial charge in [-0.2, -0.15) is 0 Å². The van der Waals surface area contributed by atoms with Crippen molar-refractivity contribution in [2.45, 2.75) is 26.8 Å². The molecule has 0 saturated carbocycles. The number of nitrogens with one attached hydrogen (secondary N) is 1. The molecule has 100 valence electrons. The SMILES string of the molecule is CC(=O)C(Nc1cc(=O)oc2ccccc12)C(C)C. The third-order valence-corrected chi connectivity index (χ3v) is 3.07. The van der Waals surface area contributed by atoms with Gasteiger partial charge in [0.1, 0.15) is 5.58 Å². The molecule has 4 nitrogen and oxygen atoms in total. The maximum atomic E-state index is 11.6. The molecule has 1 unspecified atom stereocenters. The summed E-state index contributed by atoms with van der Waals surface area (Å²) in [4.78, 5) is 23.2. The Bertz CT molecular complexity index is 658. The van der Waals surface area contributed by atoms with Gasteiger partial charge in [-0.25, -0.2) is 4.79 Å². The number of hydrogen-bond donors (Lipinski definition) is 1. The number of Topliss-reactive ketones (excluding diaryl/α,β-unsaturated/α-hetero) is 1. The van der Waals surface area contributed by atoms with E-state index in [0.29, 0.717) is 11.3 Å². The van der Waals surface area contributed by atoms with Gasteiger partial charge >= 0.3 is 5.63 Å². The molecule has 0 bridgehead atoms. The third kappa shape index (κ3) is 2.84. The van der Waals surface area contributed by atoms with Gasteiger partial charge in [-0.3, -0.25) is 4.79 Å². The summed E-state index contributed by atoms with van der Waals surface area (Å²) in [5.41, 5.74) is 0.733. The lowest BCUT2D eigenvalue weighted by Gasteiger charge is -2.21. The second-order valence-electron chi connectivity index (χ2n) is 4.95. The van der Waals surface area contributed by atoms with Crippen molar-refractivity contribution >= 4 is 22.4 Å². The number of rotatable bonds is 4. The first-order valence-electron chi connectivity index (χ1n) is 6.29. The summed E-state index contributed by atoms with van der Waals surface area (Å²) in [5, 5.41) is 3.95. The number of benzene rings is 1. The van der Waals surface area contributed by atoms with Crippen LogP contribution >= 0.6 is 0 Å². The van der Waals surface area contributed by atoms with E-state index in [9.17, 15) is 9.59 Å². The molecular formula is C15H17NO3. The first kappa shape index (κ1) is 13.3. The summed E-state index contributed by atoms with van der Waals surface area (Å²) >= 11 is 0. The molecule has 0 amide bonds. The minimum Gasteiger partial charge on any atom is -0.423 e. The number of carbonyl (C=O) groups is 1. The lowest BCUT2D eigenvalue weighted by Crippen LogP contribution is -2.33. The number of carbonyl (C=O) groups excluding carboxylic acids is 1. The van der Waals surface area contributed by atoms with Gasteiger partial charge in [0, 0.05) is 11.5 Å². The van der Waals surface area contributed by atoms with E-state index >= 15 is 0 Å². The van der Waals surface area contributed by atoms with Gasteiger partial charge in [-0.05, 0) is 25.0 Å². The Morgan fingerprint density at radius 1 is 1.26 bits per heavy atom. The highest BCUT2D eigenvalue weighted by molar-refractivity contribution is 5.92. The minimum atomic E-state index is -0.424. The summed E-state index contributed by atoms with van der Waals surface area (Å²) in [6.45, 7) is 5.48. The van der Waals surface area contributed by atoms with E-state index in [-0.39, 0.29) is 17.7 Å². The van der Waals surface area contributed by atoms with Gasteiger partial charge in [0.2, 0.25) is 0 Å². The number of anilines is 1. The van der Waals surface area contributed by atoms with Crippen molar-refractivity contribution in [3.63, 3.8) is 0 Å². The molecule has 0 spiro atoms. The van der Waals surface area contributed by atoms with Crippen molar-refractivity contribution in [1.29, 1.82) is 0 Å². The monoisotopic (exact) mass is 259 g/mol. The summed E-state index contributed by atoms with van der Waals surface area (Å²) in [5.74, 6) is 0.191. The number of para-hydroxylation sites is 1. The molecule has 1 atom stereocenters. The maximum Gasteiger partial charge on any atom is 0.338 e. The van der Waals surface area contributed by atoms with E-state index in [0.717, 1.165) is 5.39 Å². The highest BCUT2D eigenvalue weighted by Gasteiger charge is 2.19. The van der Waals surface area contributed by atoms with Crippen LogP contribution in [0.2, 0.25) is 0 Å². The van der Waals surface area contributed by atoms with E-state index in [2.05, 4.69) is 5.32 Å².